The van der Waals surface area contributed by atoms with E-state index in [4.69, 9.17) is 0 Å². The lowest BCUT2D eigenvalue weighted by atomic mass is 9.87. The molecule has 0 bridgehead atoms. The highest BCUT2D eigenvalue weighted by Gasteiger charge is 2.41. The van der Waals surface area contributed by atoms with Gasteiger partial charge < -0.3 is 10.2 Å². The first-order valence-corrected chi connectivity index (χ1v) is 9.25. The molecule has 0 spiro atoms. The zero-order valence-electron chi connectivity index (χ0n) is 15.5. The van der Waals surface area contributed by atoms with Crippen LogP contribution >= 0.6 is 0 Å². The molecule has 2 aliphatic heterocycles. The molecule has 0 fully saturated rings. The normalized spacial score (nSPS) is 20.3. The van der Waals surface area contributed by atoms with Gasteiger partial charge in [-0.3, -0.25) is 14.6 Å². The second-order valence-electron chi connectivity index (χ2n) is 7.09. The predicted octanol–water partition coefficient (Wildman–Crippen LogP) is 2.22. The van der Waals surface area contributed by atoms with Crippen LogP contribution in [0.2, 0.25) is 0 Å². The summed E-state index contributed by atoms with van der Waals surface area (Å²) in [6, 6.07) is 6.84. The van der Waals surface area contributed by atoms with Crippen LogP contribution in [0.4, 0.5) is 8.78 Å². The van der Waals surface area contributed by atoms with Crippen LogP contribution in [-0.4, -0.2) is 37.2 Å². The molecule has 150 valence electrons. The minimum atomic E-state index is -1.04. The van der Waals surface area contributed by atoms with Crippen molar-refractivity contribution in [2.75, 3.05) is 0 Å². The smallest absolute Gasteiger partial charge is 0.250 e. The predicted molar refractivity (Wildman–Crippen MR) is 102 cm³/mol. The fourth-order valence-electron chi connectivity index (χ4n) is 3.81. The van der Waals surface area contributed by atoms with E-state index in [0.717, 1.165) is 17.9 Å². The Morgan fingerprint density at radius 2 is 2.00 bits per heavy atom. The molecule has 2 aliphatic rings. The Morgan fingerprint density at radius 1 is 1.20 bits per heavy atom. The lowest BCUT2D eigenvalue weighted by Crippen LogP contribution is -2.47. The van der Waals surface area contributed by atoms with Crippen molar-refractivity contribution in [1.82, 2.24) is 24.8 Å². The molecule has 2 unspecified atom stereocenters. The zero-order valence-corrected chi connectivity index (χ0v) is 15.5. The van der Waals surface area contributed by atoms with Crippen molar-refractivity contribution in [2.24, 2.45) is 5.92 Å². The maximum Gasteiger partial charge on any atom is 0.250 e. The van der Waals surface area contributed by atoms with E-state index in [0.29, 0.717) is 5.69 Å². The standard InChI is InChI=1S/C21H15F2N5O2/c22-16-9-24-10-17(23)18(16)20(29)15-8-25-19-14(15)4-6-27(21(19)30)11-12-7-13-3-1-2-5-28(13)26-12/h1-10,14,19,25H,11H2. The third-order valence-electron chi connectivity index (χ3n) is 5.25. The molecule has 1 amide bonds. The molecular formula is C21H15F2N5O2. The summed E-state index contributed by atoms with van der Waals surface area (Å²) in [7, 11) is 0. The van der Waals surface area contributed by atoms with Crippen molar-refractivity contribution < 1.29 is 18.4 Å². The monoisotopic (exact) mass is 407 g/mol. The Labute approximate surface area is 169 Å². The Morgan fingerprint density at radius 3 is 2.77 bits per heavy atom. The Kier molecular flexibility index (Phi) is 4.16. The van der Waals surface area contributed by atoms with Crippen molar-refractivity contribution in [3.8, 4) is 0 Å². The number of hydrogen-bond donors (Lipinski definition) is 1. The maximum atomic E-state index is 14.0. The number of nitrogens with one attached hydrogen (secondary N) is 1. The van der Waals surface area contributed by atoms with Gasteiger partial charge in [-0.15, -0.1) is 0 Å². The fourth-order valence-corrected chi connectivity index (χ4v) is 3.81. The summed E-state index contributed by atoms with van der Waals surface area (Å²) in [4.78, 5) is 30.6. The molecule has 5 rings (SSSR count). The number of Topliss-reactive ketones (excluding diaryl/α,β-unsaturated/α-hetero) is 1. The molecular weight excluding hydrogens is 392 g/mol. The molecule has 0 aliphatic carbocycles. The third-order valence-corrected chi connectivity index (χ3v) is 5.25. The number of nitrogens with zero attached hydrogens (tertiary/aromatic N) is 4. The van der Waals surface area contributed by atoms with Crippen LogP contribution in [0.1, 0.15) is 16.1 Å². The molecule has 0 aromatic carbocycles. The number of halogens is 2. The molecule has 3 aromatic heterocycles. The number of pyridine rings is 2. The van der Waals surface area contributed by atoms with Crippen LogP contribution in [0.5, 0.6) is 0 Å². The van der Waals surface area contributed by atoms with Crippen molar-refractivity contribution in [1.29, 1.82) is 0 Å². The zero-order chi connectivity index (χ0) is 20.8. The van der Waals surface area contributed by atoms with Crippen LogP contribution in [0, 0.1) is 17.6 Å². The van der Waals surface area contributed by atoms with Gasteiger partial charge in [0.15, 0.2) is 17.4 Å². The molecule has 2 atom stereocenters. The average molecular weight is 407 g/mol. The van der Waals surface area contributed by atoms with E-state index in [1.807, 2.05) is 30.5 Å². The van der Waals surface area contributed by atoms with Crippen LogP contribution in [-0.2, 0) is 11.3 Å². The van der Waals surface area contributed by atoms with E-state index in [2.05, 4.69) is 15.4 Å². The summed E-state index contributed by atoms with van der Waals surface area (Å²) in [5.74, 6) is -3.75. The quantitative estimate of drug-likeness (QED) is 0.671. The van der Waals surface area contributed by atoms with Gasteiger partial charge in [-0.1, -0.05) is 12.1 Å². The molecule has 9 heteroatoms. The number of amides is 1. The van der Waals surface area contributed by atoms with Crippen LogP contribution in [0.3, 0.4) is 0 Å². The number of rotatable bonds is 4. The van der Waals surface area contributed by atoms with Crippen LogP contribution < -0.4 is 5.32 Å². The minimum absolute atomic E-state index is 0.126. The molecule has 1 N–H and O–H groups in total. The average Bonchev–Trinajstić information content (AvgIpc) is 3.34. The SMILES string of the molecule is O=C(C1=CNC2C(=O)N(Cc3cc4ccccn4n3)C=CC12)c1c(F)cncc1F. The van der Waals surface area contributed by atoms with E-state index < -0.39 is 34.9 Å². The van der Waals surface area contributed by atoms with E-state index in [9.17, 15) is 18.4 Å². The molecule has 3 aromatic rings. The summed E-state index contributed by atoms with van der Waals surface area (Å²) in [6.45, 7) is 0.263. The lowest BCUT2D eigenvalue weighted by Gasteiger charge is -2.29. The second-order valence-corrected chi connectivity index (χ2v) is 7.09. The lowest BCUT2D eigenvalue weighted by molar-refractivity contribution is -0.132. The Bertz CT molecular complexity index is 1200. The van der Waals surface area contributed by atoms with Gasteiger partial charge in [-0.2, -0.15) is 5.10 Å². The van der Waals surface area contributed by atoms with Crippen LogP contribution in [0.25, 0.3) is 5.52 Å². The van der Waals surface area contributed by atoms with E-state index >= 15 is 0 Å². The third kappa shape index (κ3) is 2.86. The number of fused-ring (bicyclic) bond motifs is 2. The van der Waals surface area contributed by atoms with Gasteiger partial charge in [0.1, 0.15) is 6.04 Å². The first kappa shape index (κ1) is 18.2. The molecule has 5 heterocycles. The molecule has 0 saturated heterocycles. The highest BCUT2D eigenvalue weighted by molar-refractivity contribution is 6.10. The highest BCUT2D eigenvalue weighted by atomic mass is 19.1. The summed E-state index contributed by atoms with van der Waals surface area (Å²) >= 11 is 0. The van der Waals surface area contributed by atoms with Crippen molar-refractivity contribution >= 4 is 17.2 Å². The van der Waals surface area contributed by atoms with Gasteiger partial charge in [0.2, 0.25) is 5.91 Å². The highest BCUT2D eigenvalue weighted by Crippen LogP contribution is 2.31. The van der Waals surface area contributed by atoms with Gasteiger partial charge in [0.05, 0.1) is 35.7 Å². The minimum Gasteiger partial charge on any atom is -0.379 e. The van der Waals surface area contributed by atoms with Gasteiger partial charge >= 0.3 is 0 Å². The molecule has 30 heavy (non-hydrogen) atoms. The number of carbonyl (C=O) groups excluding carboxylic acids is 2. The first-order chi connectivity index (χ1) is 14.5. The largest absolute Gasteiger partial charge is 0.379 e. The molecule has 7 nitrogen and oxygen atoms in total. The topological polar surface area (TPSA) is 79.6 Å². The number of ketones is 1. The second kappa shape index (κ2) is 6.87. The van der Waals surface area contributed by atoms with E-state index in [-0.39, 0.29) is 18.0 Å². The van der Waals surface area contributed by atoms with E-state index in [1.165, 1.54) is 11.1 Å². The Hall–Kier alpha value is -3.88. The van der Waals surface area contributed by atoms with Gasteiger partial charge in [-0.05, 0) is 18.2 Å². The number of aromatic nitrogens is 3. The summed E-state index contributed by atoms with van der Waals surface area (Å²) in [5, 5.41) is 7.32. The molecule has 0 saturated carbocycles. The number of carbonyl (C=O) groups is 2. The fraction of sp³-hybridized carbons (Fsp3) is 0.143. The summed E-state index contributed by atoms with van der Waals surface area (Å²) in [5.41, 5.74) is 1.07. The summed E-state index contributed by atoms with van der Waals surface area (Å²) < 4.78 is 29.7. The summed E-state index contributed by atoms with van der Waals surface area (Å²) in [6.07, 6.45) is 8.02. The van der Waals surface area contributed by atoms with Gasteiger partial charge in [0, 0.05) is 30.1 Å². The van der Waals surface area contributed by atoms with Gasteiger partial charge in [0.25, 0.3) is 0 Å². The Balaban J connectivity index is 1.38. The van der Waals surface area contributed by atoms with Crippen molar-refractivity contribution in [3.05, 3.63) is 89.8 Å². The van der Waals surface area contributed by atoms with Crippen LogP contribution in [0.15, 0.2) is 66.9 Å². The van der Waals surface area contributed by atoms with Crippen molar-refractivity contribution in [3.63, 3.8) is 0 Å². The molecule has 0 radical (unpaired) electrons. The van der Waals surface area contributed by atoms with E-state index in [1.54, 1.807) is 16.8 Å². The maximum absolute atomic E-state index is 14.0. The van der Waals surface area contributed by atoms with Gasteiger partial charge in [-0.25, -0.2) is 13.3 Å². The van der Waals surface area contributed by atoms with Crippen molar-refractivity contribution in [2.45, 2.75) is 12.6 Å². The first-order valence-electron chi connectivity index (χ1n) is 9.25. The number of hydrogen-bond acceptors (Lipinski definition) is 5.